The lowest BCUT2D eigenvalue weighted by Gasteiger charge is -2.06. The summed E-state index contributed by atoms with van der Waals surface area (Å²) in [5.41, 5.74) is 5.35. The minimum absolute atomic E-state index is 0.188. The highest BCUT2D eigenvalue weighted by molar-refractivity contribution is 6.08. The molecule has 2 aromatic heterocycles. The third-order valence-corrected chi connectivity index (χ3v) is 4.32. The molecule has 0 unspecified atom stereocenters. The molecule has 0 aliphatic rings. The van der Waals surface area contributed by atoms with Crippen LogP contribution in [0.2, 0.25) is 0 Å². The van der Waals surface area contributed by atoms with Crippen molar-refractivity contribution in [3.05, 3.63) is 82.3 Å². The number of aryl methyl sites for hydroxylation is 1. The molecular weight excluding hydrogens is 346 g/mol. The van der Waals surface area contributed by atoms with Gasteiger partial charge in [0.15, 0.2) is 0 Å². The fourth-order valence-electron chi connectivity index (χ4n) is 2.99. The number of carbonyl (C=O) groups is 2. The number of aromatic nitrogens is 1. The number of fused-ring (bicyclic) bond motifs is 2. The zero-order valence-electron chi connectivity index (χ0n) is 14.4. The quantitative estimate of drug-likeness (QED) is 0.423. The molecule has 2 N–H and O–H groups in total. The van der Waals surface area contributed by atoms with Crippen LogP contribution < -0.4 is 16.5 Å². The first kappa shape index (κ1) is 16.6. The van der Waals surface area contributed by atoms with Crippen molar-refractivity contribution >= 4 is 33.7 Å². The van der Waals surface area contributed by atoms with Gasteiger partial charge in [-0.3, -0.25) is 20.4 Å². The van der Waals surface area contributed by atoms with Crippen LogP contribution in [0.15, 0.2) is 70.0 Å². The second-order valence-corrected chi connectivity index (χ2v) is 6.06. The van der Waals surface area contributed by atoms with Crippen molar-refractivity contribution in [3.8, 4) is 0 Å². The number of hydrogen-bond donors (Lipinski definition) is 2. The van der Waals surface area contributed by atoms with E-state index in [0.717, 1.165) is 10.9 Å². The fraction of sp³-hybridized carbons (Fsp3) is 0.0500. The number of hydrogen-bond acceptors (Lipinski definition) is 4. The number of rotatable bonds is 2. The highest BCUT2D eigenvalue weighted by Gasteiger charge is 2.17. The van der Waals surface area contributed by atoms with E-state index >= 15 is 0 Å². The van der Waals surface area contributed by atoms with Crippen molar-refractivity contribution in [3.63, 3.8) is 0 Å². The lowest BCUT2D eigenvalue weighted by molar-refractivity contribution is 0.0845. The normalized spacial score (nSPS) is 10.9. The molecule has 4 rings (SSSR count). The van der Waals surface area contributed by atoms with Gasteiger partial charge in [-0.15, -0.1) is 0 Å². The van der Waals surface area contributed by atoms with Crippen LogP contribution in [-0.4, -0.2) is 16.4 Å². The minimum atomic E-state index is -0.773. The average Bonchev–Trinajstić information content (AvgIpc) is 3.02. The van der Waals surface area contributed by atoms with Crippen LogP contribution in [0.5, 0.6) is 0 Å². The molecule has 0 aliphatic heterocycles. The van der Waals surface area contributed by atoms with Crippen LogP contribution in [-0.2, 0) is 7.05 Å². The van der Waals surface area contributed by atoms with Gasteiger partial charge in [-0.1, -0.05) is 36.4 Å². The third-order valence-electron chi connectivity index (χ3n) is 4.32. The Bertz CT molecular complexity index is 1250. The molecule has 4 aromatic rings. The van der Waals surface area contributed by atoms with Gasteiger partial charge in [0.2, 0.25) is 0 Å². The molecule has 27 heavy (non-hydrogen) atoms. The monoisotopic (exact) mass is 361 g/mol. The molecule has 134 valence electrons. The molecule has 7 nitrogen and oxygen atoms in total. The van der Waals surface area contributed by atoms with Gasteiger partial charge in [0, 0.05) is 29.5 Å². The molecule has 2 aromatic carbocycles. The lowest BCUT2D eigenvalue weighted by atomic mass is 10.1. The molecule has 0 saturated heterocycles. The van der Waals surface area contributed by atoms with E-state index in [1.54, 1.807) is 30.5 Å². The lowest BCUT2D eigenvalue weighted by Crippen LogP contribution is -2.43. The van der Waals surface area contributed by atoms with Gasteiger partial charge >= 0.3 is 5.63 Å². The van der Waals surface area contributed by atoms with E-state index in [2.05, 4.69) is 10.9 Å². The van der Waals surface area contributed by atoms with Crippen molar-refractivity contribution in [1.82, 2.24) is 15.4 Å². The predicted octanol–water partition coefficient (Wildman–Crippen LogP) is 2.36. The highest BCUT2D eigenvalue weighted by atomic mass is 16.4. The molecule has 0 aliphatic carbocycles. The summed E-state index contributed by atoms with van der Waals surface area (Å²) in [4.78, 5) is 36.8. The number of amides is 2. The minimum Gasteiger partial charge on any atom is -0.422 e. The molecule has 7 heteroatoms. The average molecular weight is 361 g/mol. The van der Waals surface area contributed by atoms with Crippen LogP contribution in [0.4, 0.5) is 0 Å². The summed E-state index contributed by atoms with van der Waals surface area (Å²) < 4.78 is 6.96. The van der Waals surface area contributed by atoms with E-state index in [1.165, 1.54) is 6.07 Å². The maximum Gasteiger partial charge on any atom is 0.349 e. The van der Waals surface area contributed by atoms with Gasteiger partial charge in [0.25, 0.3) is 11.8 Å². The maximum absolute atomic E-state index is 12.5. The fourth-order valence-corrected chi connectivity index (χ4v) is 2.99. The Morgan fingerprint density at radius 2 is 1.59 bits per heavy atom. The zero-order valence-corrected chi connectivity index (χ0v) is 14.4. The molecule has 2 heterocycles. The second kappa shape index (κ2) is 6.45. The second-order valence-electron chi connectivity index (χ2n) is 6.06. The first-order valence-electron chi connectivity index (χ1n) is 8.22. The first-order chi connectivity index (χ1) is 13.0. The van der Waals surface area contributed by atoms with Crippen LogP contribution in [0.3, 0.4) is 0 Å². The van der Waals surface area contributed by atoms with E-state index in [0.29, 0.717) is 16.5 Å². The Balaban J connectivity index is 1.56. The number of nitrogens with one attached hydrogen (secondary N) is 2. The van der Waals surface area contributed by atoms with Crippen molar-refractivity contribution in [2.45, 2.75) is 0 Å². The summed E-state index contributed by atoms with van der Waals surface area (Å²) in [5.74, 6) is -1.23. The molecule has 2 amide bonds. The van der Waals surface area contributed by atoms with Crippen LogP contribution in [0.1, 0.15) is 20.7 Å². The van der Waals surface area contributed by atoms with Crippen LogP contribution in [0, 0.1) is 0 Å². The standard InChI is InChI=1S/C20H15N3O4/c1-23-11-15(13-7-3-4-8-16(13)23)19(25)22-21-18(24)14-10-12-6-2-5-9-17(12)27-20(14)26/h2-11H,1H3,(H,21,24)(H,22,25). The Morgan fingerprint density at radius 1 is 0.926 bits per heavy atom. The Morgan fingerprint density at radius 3 is 2.41 bits per heavy atom. The molecule has 0 spiro atoms. The molecule has 0 atom stereocenters. The van der Waals surface area contributed by atoms with Crippen LogP contribution >= 0.6 is 0 Å². The smallest absolute Gasteiger partial charge is 0.349 e. The molecule has 0 bridgehead atoms. The summed E-state index contributed by atoms with van der Waals surface area (Å²) in [5, 5.41) is 1.37. The number of benzene rings is 2. The van der Waals surface area contributed by atoms with E-state index in [4.69, 9.17) is 4.42 Å². The summed E-state index contributed by atoms with van der Waals surface area (Å²) in [6, 6.07) is 15.7. The Kier molecular flexibility index (Phi) is 3.97. The summed E-state index contributed by atoms with van der Waals surface area (Å²) >= 11 is 0. The topological polar surface area (TPSA) is 93.3 Å². The largest absolute Gasteiger partial charge is 0.422 e. The van der Waals surface area contributed by atoms with Crippen molar-refractivity contribution in [2.24, 2.45) is 7.05 Å². The predicted molar refractivity (Wildman–Crippen MR) is 100 cm³/mol. The van der Waals surface area contributed by atoms with Gasteiger partial charge in [-0.2, -0.15) is 0 Å². The zero-order chi connectivity index (χ0) is 19.0. The molecule has 0 radical (unpaired) electrons. The third kappa shape index (κ3) is 2.95. The summed E-state index contributed by atoms with van der Waals surface area (Å²) in [6.07, 6.45) is 1.68. The van der Waals surface area contributed by atoms with E-state index in [-0.39, 0.29) is 5.56 Å². The first-order valence-corrected chi connectivity index (χ1v) is 8.22. The van der Waals surface area contributed by atoms with Gasteiger partial charge in [0.05, 0.1) is 5.56 Å². The van der Waals surface area contributed by atoms with Crippen molar-refractivity contribution < 1.29 is 14.0 Å². The van der Waals surface area contributed by atoms with Gasteiger partial charge in [0.1, 0.15) is 11.1 Å². The summed E-state index contributed by atoms with van der Waals surface area (Å²) in [7, 11) is 1.83. The Labute approximate surface area is 153 Å². The van der Waals surface area contributed by atoms with Crippen LogP contribution in [0.25, 0.3) is 21.9 Å². The maximum atomic E-state index is 12.5. The molecule has 0 saturated carbocycles. The van der Waals surface area contributed by atoms with E-state index < -0.39 is 17.4 Å². The van der Waals surface area contributed by atoms with Crippen molar-refractivity contribution in [2.75, 3.05) is 0 Å². The number of hydrazine groups is 1. The van der Waals surface area contributed by atoms with Crippen molar-refractivity contribution in [1.29, 1.82) is 0 Å². The van der Waals surface area contributed by atoms with Gasteiger partial charge < -0.3 is 8.98 Å². The van der Waals surface area contributed by atoms with E-state index in [9.17, 15) is 14.4 Å². The number of carbonyl (C=O) groups excluding carboxylic acids is 2. The molecular formula is C20H15N3O4. The van der Waals surface area contributed by atoms with Gasteiger partial charge in [-0.25, -0.2) is 4.79 Å². The highest BCUT2D eigenvalue weighted by Crippen LogP contribution is 2.20. The molecule has 0 fully saturated rings. The number of nitrogens with zero attached hydrogens (tertiary/aromatic N) is 1. The number of para-hydroxylation sites is 2. The van der Waals surface area contributed by atoms with Gasteiger partial charge in [-0.05, 0) is 18.2 Å². The van der Waals surface area contributed by atoms with E-state index in [1.807, 2.05) is 35.9 Å². The summed E-state index contributed by atoms with van der Waals surface area (Å²) in [6.45, 7) is 0. The SMILES string of the molecule is Cn1cc(C(=O)NNC(=O)c2cc3ccccc3oc2=O)c2ccccc21. The Hall–Kier alpha value is -3.87.